The summed E-state index contributed by atoms with van der Waals surface area (Å²) in [5.74, 6) is 0.417. The molecule has 31 heavy (non-hydrogen) atoms. The number of nitrogens with one attached hydrogen (secondary N) is 3. The number of hydrogen-bond donors (Lipinski definition) is 3. The first-order chi connectivity index (χ1) is 15.0. The van der Waals surface area contributed by atoms with Crippen molar-refractivity contribution in [1.82, 2.24) is 35.5 Å². The number of ether oxygens (including phenoxy) is 1. The predicted octanol–water partition coefficient (Wildman–Crippen LogP) is 1.13. The lowest BCUT2D eigenvalue weighted by molar-refractivity contribution is -0.117. The molecule has 4 rings (SSSR count). The van der Waals surface area contributed by atoms with Gasteiger partial charge in [0.1, 0.15) is 5.69 Å². The summed E-state index contributed by atoms with van der Waals surface area (Å²) in [6.07, 6.45) is 4.91. The van der Waals surface area contributed by atoms with Crippen LogP contribution in [-0.2, 0) is 11.8 Å². The summed E-state index contributed by atoms with van der Waals surface area (Å²) < 4.78 is 5.57. The Bertz CT molecular complexity index is 1140. The summed E-state index contributed by atoms with van der Waals surface area (Å²) >= 11 is 0. The molecule has 0 unspecified atom stereocenters. The SMILES string of the molecule is CNC(=O)c1nnc(NC(=O)C2CC2)cc1Nc1nccc(-c2cnn(C)n2)c1OC. The van der Waals surface area contributed by atoms with Gasteiger partial charge in [-0.25, -0.2) is 4.98 Å². The summed E-state index contributed by atoms with van der Waals surface area (Å²) in [7, 11) is 4.71. The average Bonchev–Trinajstić information content (AvgIpc) is 3.54. The zero-order chi connectivity index (χ0) is 22.0. The molecule has 12 heteroatoms. The summed E-state index contributed by atoms with van der Waals surface area (Å²) in [4.78, 5) is 30.2. The van der Waals surface area contributed by atoms with Crippen molar-refractivity contribution in [3.8, 4) is 17.0 Å². The number of pyridine rings is 1. The number of rotatable bonds is 7. The normalized spacial score (nSPS) is 12.9. The zero-order valence-electron chi connectivity index (χ0n) is 17.2. The molecule has 1 aliphatic carbocycles. The fourth-order valence-corrected chi connectivity index (χ4v) is 2.95. The van der Waals surface area contributed by atoms with E-state index in [1.54, 1.807) is 25.5 Å². The molecule has 3 aromatic heterocycles. The van der Waals surface area contributed by atoms with Crippen LogP contribution in [0.4, 0.5) is 17.3 Å². The lowest BCUT2D eigenvalue weighted by Gasteiger charge is -2.15. The van der Waals surface area contributed by atoms with E-state index in [-0.39, 0.29) is 23.3 Å². The summed E-state index contributed by atoms with van der Waals surface area (Å²) in [6.45, 7) is 0. The van der Waals surface area contributed by atoms with Crippen LogP contribution < -0.4 is 20.7 Å². The maximum atomic E-state index is 12.3. The number of carbonyl (C=O) groups is 2. The van der Waals surface area contributed by atoms with E-state index in [0.29, 0.717) is 28.5 Å². The largest absolute Gasteiger partial charge is 0.492 e. The second kappa shape index (κ2) is 8.34. The van der Waals surface area contributed by atoms with E-state index in [0.717, 1.165) is 12.8 Å². The van der Waals surface area contributed by atoms with Crippen molar-refractivity contribution >= 4 is 29.1 Å². The van der Waals surface area contributed by atoms with Gasteiger partial charge < -0.3 is 20.7 Å². The minimum atomic E-state index is -0.445. The minimum absolute atomic E-state index is 0.00208. The predicted molar refractivity (Wildman–Crippen MR) is 111 cm³/mol. The van der Waals surface area contributed by atoms with Crippen molar-refractivity contribution in [3.63, 3.8) is 0 Å². The van der Waals surface area contributed by atoms with E-state index in [1.807, 2.05) is 0 Å². The molecular weight excluding hydrogens is 402 g/mol. The Balaban J connectivity index is 1.71. The van der Waals surface area contributed by atoms with Crippen LogP contribution in [0.5, 0.6) is 5.75 Å². The molecule has 0 radical (unpaired) electrons. The number of nitrogens with zero attached hydrogens (tertiary/aromatic N) is 6. The smallest absolute Gasteiger partial charge is 0.273 e. The van der Waals surface area contributed by atoms with Crippen LogP contribution in [0.2, 0.25) is 0 Å². The topological polar surface area (TPSA) is 149 Å². The Morgan fingerprint density at radius 2 is 2.06 bits per heavy atom. The fraction of sp³-hybridized carbons (Fsp3) is 0.316. The second-order valence-electron chi connectivity index (χ2n) is 6.92. The zero-order valence-corrected chi connectivity index (χ0v) is 17.2. The molecule has 0 saturated heterocycles. The van der Waals surface area contributed by atoms with Crippen molar-refractivity contribution in [1.29, 1.82) is 0 Å². The molecule has 1 saturated carbocycles. The molecule has 0 bridgehead atoms. The molecule has 2 amide bonds. The third-order valence-electron chi connectivity index (χ3n) is 4.67. The van der Waals surface area contributed by atoms with Crippen LogP contribution in [0.25, 0.3) is 11.3 Å². The number of amides is 2. The van der Waals surface area contributed by atoms with Gasteiger partial charge >= 0.3 is 0 Å². The molecule has 3 aromatic rings. The van der Waals surface area contributed by atoms with Gasteiger partial charge in [-0.2, -0.15) is 15.0 Å². The lowest BCUT2D eigenvalue weighted by Crippen LogP contribution is -2.22. The molecule has 160 valence electrons. The molecular formula is C19H21N9O3. The summed E-state index contributed by atoms with van der Waals surface area (Å²) in [6, 6.07) is 3.29. The molecule has 0 spiro atoms. The number of aryl methyl sites for hydroxylation is 1. The van der Waals surface area contributed by atoms with Crippen molar-refractivity contribution in [2.24, 2.45) is 13.0 Å². The fourth-order valence-electron chi connectivity index (χ4n) is 2.95. The van der Waals surface area contributed by atoms with E-state index in [2.05, 4.69) is 41.3 Å². The van der Waals surface area contributed by atoms with Crippen molar-refractivity contribution < 1.29 is 14.3 Å². The first kappa shape index (κ1) is 20.2. The van der Waals surface area contributed by atoms with Gasteiger partial charge in [0.2, 0.25) is 5.91 Å². The van der Waals surface area contributed by atoms with Gasteiger partial charge in [-0.05, 0) is 18.9 Å². The molecule has 3 heterocycles. The minimum Gasteiger partial charge on any atom is -0.492 e. The molecule has 3 N–H and O–H groups in total. The highest BCUT2D eigenvalue weighted by molar-refractivity contribution is 5.99. The Kier molecular flexibility index (Phi) is 5.43. The Morgan fingerprint density at radius 3 is 2.71 bits per heavy atom. The van der Waals surface area contributed by atoms with E-state index >= 15 is 0 Å². The number of anilines is 3. The van der Waals surface area contributed by atoms with Gasteiger partial charge in [0.15, 0.2) is 23.1 Å². The number of hydrogen-bond acceptors (Lipinski definition) is 9. The lowest BCUT2D eigenvalue weighted by atomic mass is 10.2. The van der Waals surface area contributed by atoms with Crippen molar-refractivity contribution in [2.75, 3.05) is 24.8 Å². The van der Waals surface area contributed by atoms with Crippen molar-refractivity contribution in [2.45, 2.75) is 12.8 Å². The Labute approximate surface area is 177 Å². The van der Waals surface area contributed by atoms with Crippen LogP contribution in [0, 0.1) is 5.92 Å². The van der Waals surface area contributed by atoms with Gasteiger partial charge in [-0.1, -0.05) is 0 Å². The highest BCUT2D eigenvalue weighted by Crippen LogP contribution is 2.36. The molecule has 1 aliphatic rings. The third-order valence-corrected chi connectivity index (χ3v) is 4.67. The third kappa shape index (κ3) is 4.27. The highest BCUT2D eigenvalue weighted by atomic mass is 16.5. The van der Waals surface area contributed by atoms with Crippen LogP contribution in [0.15, 0.2) is 24.5 Å². The van der Waals surface area contributed by atoms with Crippen LogP contribution in [0.3, 0.4) is 0 Å². The number of aromatic nitrogens is 6. The monoisotopic (exact) mass is 423 g/mol. The number of carbonyl (C=O) groups excluding carboxylic acids is 2. The van der Waals surface area contributed by atoms with Gasteiger partial charge in [0, 0.05) is 32.3 Å². The second-order valence-corrected chi connectivity index (χ2v) is 6.92. The summed E-state index contributed by atoms with van der Waals surface area (Å²) in [5.41, 5.74) is 1.61. The maximum Gasteiger partial charge on any atom is 0.273 e. The molecule has 12 nitrogen and oxygen atoms in total. The Hall–Kier alpha value is -4.09. The van der Waals surface area contributed by atoms with Crippen molar-refractivity contribution in [3.05, 3.63) is 30.2 Å². The van der Waals surface area contributed by atoms with E-state index < -0.39 is 5.91 Å². The van der Waals surface area contributed by atoms with E-state index in [4.69, 9.17) is 4.74 Å². The van der Waals surface area contributed by atoms with E-state index in [9.17, 15) is 9.59 Å². The first-order valence-corrected chi connectivity index (χ1v) is 9.57. The van der Waals surface area contributed by atoms with Crippen LogP contribution in [0.1, 0.15) is 23.3 Å². The van der Waals surface area contributed by atoms with Gasteiger partial charge in [0.05, 0.1) is 24.6 Å². The molecule has 0 aliphatic heterocycles. The van der Waals surface area contributed by atoms with Gasteiger partial charge in [0.25, 0.3) is 5.91 Å². The Morgan fingerprint density at radius 1 is 1.26 bits per heavy atom. The number of methoxy groups -OCH3 is 1. The molecule has 0 aromatic carbocycles. The average molecular weight is 423 g/mol. The highest BCUT2D eigenvalue weighted by Gasteiger charge is 2.30. The van der Waals surface area contributed by atoms with Crippen LogP contribution in [-0.4, -0.2) is 56.1 Å². The van der Waals surface area contributed by atoms with Gasteiger partial charge in [-0.3, -0.25) is 9.59 Å². The first-order valence-electron chi connectivity index (χ1n) is 9.57. The molecule has 0 atom stereocenters. The maximum absolute atomic E-state index is 12.3. The quantitative estimate of drug-likeness (QED) is 0.508. The van der Waals surface area contributed by atoms with Gasteiger partial charge in [-0.15, -0.1) is 10.2 Å². The van der Waals surface area contributed by atoms with E-state index in [1.165, 1.54) is 25.0 Å². The molecule has 1 fully saturated rings. The summed E-state index contributed by atoms with van der Waals surface area (Å²) in [5, 5.41) is 24.7. The van der Waals surface area contributed by atoms with Crippen LogP contribution >= 0.6 is 0 Å². The standard InChI is InChI=1S/C19H21N9O3/c1-20-19(30)15-12(8-14(25-26-15)24-18(29)10-4-5-10)23-17-16(31-3)11(6-7-21-17)13-9-22-28(2)27-13/h6-10H,4-5H2,1-3H3,(H,20,30)(H2,21,23,24,25,29).